The fraction of sp³-hybridized carbons (Fsp3) is 0.222. The van der Waals surface area contributed by atoms with E-state index in [1.165, 1.54) is 28.7 Å². The molecule has 0 aliphatic carbocycles. The molecule has 0 aromatic heterocycles. The Labute approximate surface area is 110 Å². The van der Waals surface area contributed by atoms with E-state index in [2.05, 4.69) is 62.0 Å². The van der Waals surface area contributed by atoms with Crippen LogP contribution in [0.4, 0.5) is 0 Å². The molecule has 0 radical (unpaired) electrons. The summed E-state index contributed by atoms with van der Waals surface area (Å²) in [5, 5.41) is 0. The van der Waals surface area contributed by atoms with Crippen LogP contribution in [0.1, 0.15) is 31.4 Å². The molecule has 0 saturated carbocycles. The lowest BCUT2D eigenvalue weighted by Crippen LogP contribution is -1.84. The summed E-state index contributed by atoms with van der Waals surface area (Å²) in [6.45, 7) is 8.21. The SMILES string of the molecule is C=C(C)c1ccc(-c2ccc(CCC)cc2)cc1. The van der Waals surface area contributed by atoms with Crippen LogP contribution in [0.3, 0.4) is 0 Å². The monoisotopic (exact) mass is 236 g/mol. The third-order valence-electron chi connectivity index (χ3n) is 3.20. The van der Waals surface area contributed by atoms with Gasteiger partial charge in [-0.05, 0) is 35.6 Å². The second-order valence-corrected chi connectivity index (χ2v) is 4.80. The Bertz CT molecular complexity index is 515. The molecule has 0 amide bonds. The molecule has 0 fully saturated rings. The van der Waals surface area contributed by atoms with Crippen molar-refractivity contribution in [2.24, 2.45) is 0 Å². The van der Waals surface area contributed by atoms with E-state index >= 15 is 0 Å². The minimum Gasteiger partial charge on any atom is -0.0955 e. The first kappa shape index (κ1) is 12.6. The summed E-state index contributed by atoms with van der Waals surface area (Å²) in [5.41, 5.74) is 6.28. The Morgan fingerprint density at radius 1 is 0.889 bits per heavy atom. The maximum Gasteiger partial charge on any atom is -0.0184 e. The maximum atomic E-state index is 3.96. The summed E-state index contributed by atoms with van der Waals surface area (Å²) in [6, 6.07) is 17.5. The van der Waals surface area contributed by atoms with Gasteiger partial charge in [0.1, 0.15) is 0 Å². The molecule has 2 rings (SSSR count). The van der Waals surface area contributed by atoms with Crippen LogP contribution in [0.25, 0.3) is 16.7 Å². The van der Waals surface area contributed by atoms with Crippen molar-refractivity contribution in [1.29, 1.82) is 0 Å². The number of rotatable bonds is 4. The van der Waals surface area contributed by atoms with Crippen LogP contribution < -0.4 is 0 Å². The summed E-state index contributed by atoms with van der Waals surface area (Å²) >= 11 is 0. The number of aryl methyl sites for hydroxylation is 1. The van der Waals surface area contributed by atoms with Crippen molar-refractivity contribution in [2.45, 2.75) is 26.7 Å². The van der Waals surface area contributed by atoms with Crippen molar-refractivity contribution in [1.82, 2.24) is 0 Å². The number of hydrogen-bond donors (Lipinski definition) is 0. The van der Waals surface area contributed by atoms with Gasteiger partial charge in [-0.1, -0.05) is 74.0 Å². The van der Waals surface area contributed by atoms with Gasteiger partial charge in [-0.25, -0.2) is 0 Å². The molecule has 0 N–H and O–H groups in total. The Kier molecular flexibility index (Phi) is 3.99. The predicted molar refractivity (Wildman–Crippen MR) is 80.6 cm³/mol. The molecular weight excluding hydrogens is 216 g/mol. The van der Waals surface area contributed by atoms with Crippen LogP contribution in [0.5, 0.6) is 0 Å². The van der Waals surface area contributed by atoms with Crippen LogP contribution in [0, 0.1) is 0 Å². The largest absolute Gasteiger partial charge is 0.0955 e. The molecule has 0 nitrogen and oxygen atoms in total. The van der Waals surface area contributed by atoms with Crippen LogP contribution in [-0.4, -0.2) is 0 Å². The van der Waals surface area contributed by atoms with Gasteiger partial charge in [-0.2, -0.15) is 0 Å². The highest BCUT2D eigenvalue weighted by Gasteiger charge is 1.99. The third kappa shape index (κ3) is 2.89. The molecule has 0 spiro atoms. The van der Waals surface area contributed by atoms with Gasteiger partial charge in [0.15, 0.2) is 0 Å². The predicted octanol–water partition coefficient (Wildman–Crippen LogP) is 5.34. The van der Waals surface area contributed by atoms with Crippen molar-refractivity contribution >= 4 is 5.57 Å². The van der Waals surface area contributed by atoms with Gasteiger partial charge in [-0.3, -0.25) is 0 Å². The molecule has 0 saturated heterocycles. The van der Waals surface area contributed by atoms with E-state index < -0.39 is 0 Å². The summed E-state index contributed by atoms with van der Waals surface area (Å²) in [5.74, 6) is 0. The number of hydrogen-bond acceptors (Lipinski definition) is 0. The van der Waals surface area contributed by atoms with Gasteiger partial charge in [-0.15, -0.1) is 0 Å². The van der Waals surface area contributed by atoms with E-state index in [-0.39, 0.29) is 0 Å². The summed E-state index contributed by atoms with van der Waals surface area (Å²) in [4.78, 5) is 0. The van der Waals surface area contributed by atoms with E-state index in [0.29, 0.717) is 0 Å². The lowest BCUT2D eigenvalue weighted by Gasteiger charge is -2.05. The van der Waals surface area contributed by atoms with Gasteiger partial charge in [0.2, 0.25) is 0 Å². The van der Waals surface area contributed by atoms with Gasteiger partial charge >= 0.3 is 0 Å². The van der Waals surface area contributed by atoms with E-state index in [0.717, 1.165) is 12.0 Å². The fourth-order valence-corrected chi connectivity index (χ4v) is 2.10. The average Bonchev–Trinajstić information content (AvgIpc) is 2.40. The van der Waals surface area contributed by atoms with Crippen LogP contribution >= 0.6 is 0 Å². The van der Waals surface area contributed by atoms with Crippen molar-refractivity contribution in [3.63, 3.8) is 0 Å². The minimum absolute atomic E-state index is 1.11. The highest BCUT2D eigenvalue weighted by atomic mass is 14.0. The quantitative estimate of drug-likeness (QED) is 0.672. The van der Waals surface area contributed by atoms with Crippen molar-refractivity contribution in [2.75, 3.05) is 0 Å². The zero-order valence-electron chi connectivity index (χ0n) is 11.2. The van der Waals surface area contributed by atoms with E-state index in [1.54, 1.807) is 0 Å². The Morgan fingerprint density at radius 2 is 1.39 bits per heavy atom. The lowest BCUT2D eigenvalue weighted by atomic mass is 10.00. The van der Waals surface area contributed by atoms with E-state index in [4.69, 9.17) is 0 Å². The van der Waals surface area contributed by atoms with Crippen molar-refractivity contribution in [3.05, 3.63) is 66.2 Å². The molecule has 18 heavy (non-hydrogen) atoms. The minimum atomic E-state index is 1.11. The van der Waals surface area contributed by atoms with Gasteiger partial charge in [0, 0.05) is 0 Å². The molecule has 0 heterocycles. The topological polar surface area (TPSA) is 0 Å². The standard InChI is InChI=1S/C18H20/c1-4-5-15-6-8-17(9-7-15)18-12-10-16(11-13-18)14(2)3/h6-13H,2,4-5H2,1,3H3. The van der Waals surface area contributed by atoms with Gasteiger partial charge in [0.25, 0.3) is 0 Å². The molecule has 0 aliphatic heterocycles. The Hall–Kier alpha value is -1.82. The molecule has 0 atom stereocenters. The second-order valence-electron chi connectivity index (χ2n) is 4.80. The number of allylic oxidation sites excluding steroid dienone is 1. The first-order chi connectivity index (χ1) is 8.70. The normalized spacial score (nSPS) is 10.3. The summed E-state index contributed by atoms with van der Waals surface area (Å²) in [7, 11) is 0. The van der Waals surface area contributed by atoms with E-state index in [9.17, 15) is 0 Å². The van der Waals surface area contributed by atoms with Crippen LogP contribution in [-0.2, 0) is 6.42 Å². The fourth-order valence-electron chi connectivity index (χ4n) is 2.10. The highest BCUT2D eigenvalue weighted by Crippen LogP contribution is 2.22. The smallest absolute Gasteiger partial charge is 0.0184 e. The number of benzene rings is 2. The van der Waals surface area contributed by atoms with Crippen molar-refractivity contribution < 1.29 is 0 Å². The van der Waals surface area contributed by atoms with Crippen LogP contribution in [0.15, 0.2) is 55.1 Å². The zero-order valence-corrected chi connectivity index (χ0v) is 11.2. The lowest BCUT2D eigenvalue weighted by molar-refractivity contribution is 0.922. The molecule has 2 aromatic rings. The second kappa shape index (κ2) is 5.68. The molecule has 0 aliphatic rings. The first-order valence-corrected chi connectivity index (χ1v) is 6.56. The molecule has 92 valence electrons. The van der Waals surface area contributed by atoms with Crippen LogP contribution in [0.2, 0.25) is 0 Å². The van der Waals surface area contributed by atoms with E-state index in [1.807, 2.05) is 6.92 Å². The summed E-state index contributed by atoms with van der Waals surface area (Å²) < 4.78 is 0. The zero-order chi connectivity index (χ0) is 13.0. The first-order valence-electron chi connectivity index (χ1n) is 6.56. The molecule has 2 aromatic carbocycles. The van der Waals surface area contributed by atoms with Gasteiger partial charge < -0.3 is 0 Å². The molecule has 0 unspecified atom stereocenters. The Balaban J connectivity index is 2.23. The molecule has 0 bridgehead atoms. The Morgan fingerprint density at radius 3 is 1.83 bits per heavy atom. The van der Waals surface area contributed by atoms with Crippen molar-refractivity contribution in [3.8, 4) is 11.1 Å². The summed E-state index contributed by atoms with van der Waals surface area (Å²) in [6.07, 6.45) is 2.36. The van der Waals surface area contributed by atoms with Gasteiger partial charge in [0.05, 0.1) is 0 Å². The molecular formula is C18H20. The molecule has 0 heteroatoms. The highest BCUT2D eigenvalue weighted by molar-refractivity contribution is 5.68. The average molecular weight is 236 g/mol. The maximum absolute atomic E-state index is 3.96. The third-order valence-corrected chi connectivity index (χ3v) is 3.20.